The Balaban J connectivity index is 0.000000260. The number of thiophene rings is 3. The number of aromatic nitrogens is 4. The average molecular weight is 1160 g/mol. The second-order valence-electron chi connectivity index (χ2n) is 15.4. The molecule has 0 aliphatic carbocycles. The number of methoxy groups -OCH3 is 2. The van der Waals surface area contributed by atoms with Crippen LogP contribution in [-0.2, 0) is 49.3 Å². The molecule has 0 saturated carbocycles. The van der Waals surface area contributed by atoms with E-state index in [1.807, 2.05) is 0 Å². The van der Waals surface area contributed by atoms with E-state index in [0.29, 0.717) is 50.8 Å². The van der Waals surface area contributed by atoms with E-state index in [1.54, 1.807) is 60.2 Å². The van der Waals surface area contributed by atoms with Crippen LogP contribution in [0.25, 0.3) is 21.8 Å². The van der Waals surface area contributed by atoms with Crippen LogP contribution in [0.2, 0.25) is 0 Å². The molecule has 0 spiro atoms. The number of ether oxygens (including phenoxy) is 2. The highest BCUT2D eigenvalue weighted by Crippen LogP contribution is 2.38. The molecule has 10 N–H and O–H groups in total. The van der Waals surface area contributed by atoms with Gasteiger partial charge in [-0.15, -0.1) is 34.0 Å². The normalized spacial score (nSPS) is 12.2. The Morgan fingerprint density at radius 1 is 0.615 bits per heavy atom. The fourth-order valence-electron chi connectivity index (χ4n) is 6.49. The molecule has 5 aromatic heterocycles. The molecule has 7 aromatic rings. The number of fused-ring (bicyclic) bond motifs is 2. The lowest BCUT2D eigenvalue weighted by molar-refractivity contribution is -0.192. The third-order valence-corrected chi connectivity index (χ3v) is 13.4. The van der Waals surface area contributed by atoms with Crippen molar-refractivity contribution in [3.8, 4) is 0 Å². The predicted molar refractivity (Wildman–Crippen MR) is 259 cm³/mol. The minimum atomic E-state index is -5.08. The number of amides is 5. The van der Waals surface area contributed by atoms with Crippen LogP contribution in [0.4, 0.5) is 39.5 Å². The van der Waals surface area contributed by atoms with Gasteiger partial charge in [-0.25, -0.2) is 14.4 Å². The number of carboxylic acid groups (broad SMARTS) is 1. The van der Waals surface area contributed by atoms with Gasteiger partial charge < -0.3 is 46.9 Å². The summed E-state index contributed by atoms with van der Waals surface area (Å²) < 4.78 is 123. The second kappa shape index (κ2) is 26.1. The van der Waals surface area contributed by atoms with E-state index < -0.39 is 105 Å². The third-order valence-electron chi connectivity index (χ3n) is 10.2. The van der Waals surface area contributed by atoms with Crippen LogP contribution in [-0.4, -0.2) is 119 Å². The molecule has 0 fully saturated rings. The van der Waals surface area contributed by atoms with E-state index in [4.69, 9.17) is 15.6 Å². The Morgan fingerprint density at radius 2 is 1.04 bits per heavy atom. The number of carbonyl (C=O) groups is 8. The molecule has 0 saturated heterocycles. The van der Waals surface area contributed by atoms with Crippen molar-refractivity contribution in [2.75, 3.05) is 27.3 Å². The van der Waals surface area contributed by atoms with Crippen molar-refractivity contribution in [3.05, 3.63) is 125 Å². The fraction of sp³-hybridized carbons (Fsp3) is 0.244. The smallest absolute Gasteiger partial charge is 0.475 e. The molecule has 21 nitrogen and oxygen atoms in total. The average Bonchev–Trinajstić information content (AvgIpc) is 4.29. The second-order valence-corrected chi connectivity index (χ2v) is 18.4. The lowest BCUT2D eigenvalue weighted by Crippen LogP contribution is -2.49. The summed E-state index contributed by atoms with van der Waals surface area (Å²) in [5, 5.41) is 35.5. The van der Waals surface area contributed by atoms with Crippen LogP contribution in [0.15, 0.2) is 78.4 Å². The standard InChI is InChI=1S/C24H20F3N5O5S2.C19H18F3N5O4S.C2HF3O2/c1-37-23(36)16(11-29-20(33)17-6-3-7-38-17)31-22(35)19-14(24(25,26)27)8-18(39-19)21(34)28-9-12-4-2-5-15-13(12)10-30-32-15;1-31-18(30)13(6-23)26-17(29)15-11(19(20,21)22)5-14(32-15)16(28)24-7-9-3-2-4-12-10(9)8-25-27-12;3-2(4,5)1(6)7/h2-8,10,16H,9,11H2,1H3,(H,28,34)(H,29,33)(H,30,32)(H,31,35);2-5,8,13H,6-7,23H2,1H3,(H,24,28)(H,25,27)(H,26,29);(H,6,7)/t16-;13-;/m00./s1. The summed E-state index contributed by atoms with van der Waals surface area (Å²) in [5.74, 6) is -9.23. The molecule has 33 heteroatoms. The number of nitrogens with one attached hydrogen (secondary N) is 7. The number of esters is 2. The van der Waals surface area contributed by atoms with Crippen molar-refractivity contribution in [2.45, 2.75) is 43.7 Å². The monoisotopic (exact) mass is 1160 g/mol. The molecule has 2 aromatic carbocycles. The highest BCUT2D eigenvalue weighted by molar-refractivity contribution is 7.16. The summed E-state index contributed by atoms with van der Waals surface area (Å²) in [6.07, 6.45) is -11.8. The van der Waals surface area contributed by atoms with Crippen LogP contribution in [0.1, 0.15) is 70.6 Å². The van der Waals surface area contributed by atoms with E-state index in [0.717, 1.165) is 47.4 Å². The number of alkyl halides is 9. The maximum Gasteiger partial charge on any atom is 0.490 e. The first-order valence-electron chi connectivity index (χ1n) is 21.6. The number of carbonyl (C=O) groups excluding carboxylic acids is 7. The number of halogens is 9. The molecular formula is C45H39F9N10O11S3. The van der Waals surface area contributed by atoms with Gasteiger partial charge in [-0.2, -0.15) is 49.7 Å². The third kappa shape index (κ3) is 15.8. The van der Waals surface area contributed by atoms with Gasteiger partial charge in [0.1, 0.15) is 21.8 Å². The number of nitrogens with two attached hydrogens (primary N) is 1. The van der Waals surface area contributed by atoms with Gasteiger partial charge in [0, 0.05) is 37.0 Å². The number of benzene rings is 2. The van der Waals surface area contributed by atoms with Crippen LogP contribution < -0.4 is 32.3 Å². The van der Waals surface area contributed by atoms with E-state index in [2.05, 4.69) is 56.5 Å². The van der Waals surface area contributed by atoms with E-state index in [1.165, 1.54) is 6.07 Å². The maximum absolute atomic E-state index is 13.8. The number of aliphatic carboxylic acids is 1. The van der Waals surface area contributed by atoms with Crippen molar-refractivity contribution in [1.82, 2.24) is 47.0 Å². The molecule has 0 bridgehead atoms. The predicted octanol–water partition coefficient (Wildman–Crippen LogP) is 5.77. The van der Waals surface area contributed by atoms with Gasteiger partial charge in [0.05, 0.1) is 63.4 Å². The Morgan fingerprint density at radius 3 is 1.42 bits per heavy atom. The van der Waals surface area contributed by atoms with Gasteiger partial charge in [0.2, 0.25) is 0 Å². The number of rotatable bonds is 16. The van der Waals surface area contributed by atoms with Crippen LogP contribution in [0.3, 0.4) is 0 Å². The van der Waals surface area contributed by atoms with Gasteiger partial charge in [-0.05, 0) is 46.8 Å². The summed E-state index contributed by atoms with van der Waals surface area (Å²) in [5.41, 5.74) is 5.61. The van der Waals surface area contributed by atoms with E-state index in [9.17, 15) is 73.1 Å². The largest absolute Gasteiger partial charge is 0.490 e. The molecule has 5 amide bonds. The molecule has 0 radical (unpaired) electrons. The number of carboxylic acids is 1. The number of aromatic amines is 2. The summed E-state index contributed by atoms with van der Waals surface area (Å²) in [6.45, 7) is -0.772. The Labute approximate surface area is 443 Å². The number of hydrogen-bond acceptors (Lipinski definition) is 16. The summed E-state index contributed by atoms with van der Waals surface area (Å²) in [7, 11) is 2.08. The summed E-state index contributed by atoms with van der Waals surface area (Å²) >= 11 is 1.83. The highest BCUT2D eigenvalue weighted by atomic mass is 32.1. The molecule has 5 heterocycles. The Hall–Kier alpha value is -8.43. The number of hydrogen-bond donors (Lipinski definition) is 9. The zero-order valence-electron chi connectivity index (χ0n) is 39.6. The summed E-state index contributed by atoms with van der Waals surface area (Å²) in [4.78, 5) is 93.5. The number of nitrogens with zero attached hydrogens (tertiary/aromatic N) is 2. The van der Waals surface area contributed by atoms with Crippen molar-refractivity contribution >= 4 is 103 Å². The van der Waals surface area contributed by atoms with Gasteiger partial charge >= 0.3 is 36.4 Å². The van der Waals surface area contributed by atoms with Crippen molar-refractivity contribution in [3.63, 3.8) is 0 Å². The first-order chi connectivity index (χ1) is 36.7. The highest BCUT2D eigenvalue weighted by Gasteiger charge is 2.41. The van der Waals surface area contributed by atoms with Crippen molar-refractivity contribution < 1.29 is 92.5 Å². The molecule has 0 aliphatic rings. The quantitative estimate of drug-likeness (QED) is 0.0410. The number of H-pyrrole nitrogens is 2. The molecular weight excluding hydrogens is 1120 g/mol. The molecule has 7 rings (SSSR count). The van der Waals surface area contributed by atoms with Gasteiger partial charge in [0.25, 0.3) is 29.5 Å². The summed E-state index contributed by atoms with van der Waals surface area (Å²) in [6, 6.07) is 12.1. The molecule has 0 aliphatic heterocycles. The van der Waals surface area contributed by atoms with Crippen LogP contribution >= 0.6 is 34.0 Å². The molecule has 2 atom stereocenters. The zero-order chi connectivity index (χ0) is 57.7. The zero-order valence-corrected chi connectivity index (χ0v) is 42.1. The van der Waals surface area contributed by atoms with Crippen LogP contribution in [0, 0.1) is 0 Å². The van der Waals surface area contributed by atoms with E-state index in [-0.39, 0.29) is 29.4 Å². The maximum atomic E-state index is 13.8. The van der Waals surface area contributed by atoms with Gasteiger partial charge in [-0.1, -0.05) is 30.3 Å². The SMILES string of the molecule is COC(=O)[C@H](CN)NC(=O)c1sc(C(=O)NCc2cccc3[nH]ncc23)cc1C(F)(F)F.COC(=O)[C@H](CNC(=O)c1cccs1)NC(=O)c1sc(C(=O)NCc2cccc3[nH]ncc23)cc1C(F)(F)F.O=C(O)C(F)(F)F. The first-order valence-corrected chi connectivity index (χ1v) is 24.1. The van der Waals surface area contributed by atoms with Gasteiger partial charge in [-0.3, -0.25) is 34.2 Å². The van der Waals surface area contributed by atoms with Crippen molar-refractivity contribution in [2.24, 2.45) is 5.73 Å². The molecule has 0 unspecified atom stereocenters. The Kier molecular flexibility index (Phi) is 20.2. The van der Waals surface area contributed by atoms with E-state index >= 15 is 0 Å². The minimum absolute atomic E-state index is 0.00480. The van der Waals surface area contributed by atoms with Gasteiger partial charge in [0.15, 0.2) is 0 Å². The molecule has 416 valence electrons. The topological polar surface area (TPSA) is 319 Å². The van der Waals surface area contributed by atoms with Crippen molar-refractivity contribution in [1.29, 1.82) is 0 Å². The lowest BCUT2D eigenvalue weighted by atomic mass is 10.1. The Bertz CT molecular complexity index is 3300. The lowest BCUT2D eigenvalue weighted by Gasteiger charge is -2.17. The van der Waals surface area contributed by atoms with Crippen LogP contribution in [0.5, 0.6) is 0 Å². The minimum Gasteiger partial charge on any atom is -0.475 e. The first kappa shape index (κ1) is 60.4. The molecule has 78 heavy (non-hydrogen) atoms. The fourth-order valence-corrected chi connectivity index (χ4v) is 9.12.